The summed E-state index contributed by atoms with van der Waals surface area (Å²) in [6.45, 7) is 2.00. The van der Waals surface area contributed by atoms with Gasteiger partial charge in [-0.15, -0.1) is 0 Å². The maximum atomic E-state index is 13.8. The lowest BCUT2D eigenvalue weighted by Crippen LogP contribution is -2.49. The number of aromatic amines is 1. The lowest BCUT2D eigenvalue weighted by molar-refractivity contribution is -0.148. The number of piperidine rings is 2. The standard InChI is InChI=1S/C25H28N4O2/c30-22-14-6-7-16-29(22)23(18-9-2-1-3-10-18)25(31)28-15-8-11-19(17-28)24-26-20-12-4-5-13-21(20)27-24/h1-5,9-10,12-13,19,23H,6-8,11,14-17H2,(H,26,27). The number of hydrogen-bond donors (Lipinski definition) is 1. The summed E-state index contributed by atoms with van der Waals surface area (Å²) in [5.74, 6) is 1.24. The molecule has 0 aliphatic carbocycles. The molecule has 31 heavy (non-hydrogen) atoms. The van der Waals surface area contributed by atoms with Crippen LogP contribution in [-0.2, 0) is 9.59 Å². The van der Waals surface area contributed by atoms with E-state index in [4.69, 9.17) is 4.98 Å². The summed E-state index contributed by atoms with van der Waals surface area (Å²) in [6.07, 6.45) is 4.32. The van der Waals surface area contributed by atoms with Crippen molar-refractivity contribution in [2.75, 3.05) is 19.6 Å². The third-order valence-corrected chi connectivity index (χ3v) is 6.55. The maximum absolute atomic E-state index is 13.8. The zero-order valence-corrected chi connectivity index (χ0v) is 17.7. The second-order valence-corrected chi connectivity index (χ2v) is 8.62. The summed E-state index contributed by atoms with van der Waals surface area (Å²) in [5, 5.41) is 0. The van der Waals surface area contributed by atoms with Crippen LogP contribution in [0.1, 0.15) is 55.5 Å². The number of fused-ring (bicyclic) bond motifs is 1. The molecule has 0 bridgehead atoms. The largest absolute Gasteiger partial charge is 0.342 e. The molecular formula is C25H28N4O2. The van der Waals surface area contributed by atoms with Crippen LogP contribution in [0.5, 0.6) is 0 Å². The van der Waals surface area contributed by atoms with Gasteiger partial charge in [-0.3, -0.25) is 9.59 Å². The summed E-state index contributed by atoms with van der Waals surface area (Å²) in [4.78, 5) is 38.5. The molecule has 2 saturated heterocycles. The zero-order valence-electron chi connectivity index (χ0n) is 17.7. The Balaban J connectivity index is 1.41. The van der Waals surface area contributed by atoms with E-state index in [2.05, 4.69) is 4.98 Å². The molecule has 5 rings (SSSR count). The van der Waals surface area contributed by atoms with Gasteiger partial charge in [0.25, 0.3) is 0 Å². The molecule has 2 aliphatic rings. The van der Waals surface area contributed by atoms with E-state index in [9.17, 15) is 9.59 Å². The van der Waals surface area contributed by atoms with Crippen LogP contribution in [0.2, 0.25) is 0 Å². The van der Waals surface area contributed by atoms with Crippen LogP contribution < -0.4 is 0 Å². The van der Waals surface area contributed by atoms with E-state index >= 15 is 0 Å². The fourth-order valence-corrected chi connectivity index (χ4v) is 4.93. The first-order valence-electron chi connectivity index (χ1n) is 11.3. The monoisotopic (exact) mass is 416 g/mol. The summed E-state index contributed by atoms with van der Waals surface area (Å²) in [5.41, 5.74) is 2.89. The van der Waals surface area contributed by atoms with Gasteiger partial charge >= 0.3 is 0 Å². The Morgan fingerprint density at radius 1 is 1.00 bits per heavy atom. The number of imidazole rings is 1. The van der Waals surface area contributed by atoms with Gasteiger partial charge in [0.15, 0.2) is 0 Å². The van der Waals surface area contributed by atoms with E-state index in [-0.39, 0.29) is 17.7 Å². The lowest BCUT2D eigenvalue weighted by Gasteiger charge is -2.39. The molecule has 1 aromatic heterocycles. The third-order valence-electron chi connectivity index (χ3n) is 6.55. The van der Waals surface area contributed by atoms with Crippen LogP contribution in [0.25, 0.3) is 11.0 Å². The summed E-state index contributed by atoms with van der Waals surface area (Å²) in [7, 11) is 0. The molecule has 2 fully saturated rings. The minimum atomic E-state index is -0.538. The van der Waals surface area contributed by atoms with Gasteiger partial charge in [0, 0.05) is 32.0 Å². The first-order valence-corrected chi connectivity index (χ1v) is 11.3. The van der Waals surface area contributed by atoms with Gasteiger partial charge in [0.1, 0.15) is 11.9 Å². The molecule has 0 saturated carbocycles. The van der Waals surface area contributed by atoms with Crippen molar-refractivity contribution >= 4 is 22.8 Å². The van der Waals surface area contributed by atoms with Crippen LogP contribution in [0.3, 0.4) is 0 Å². The number of rotatable bonds is 4. The maximum Gasteiger partial charge on any atom is 0.250 e. The predicted octanol–water partition coefficient (Wildman–Crippen LogP) is 4.02. The number of likely N-dealkylation sites (tertiary alicyclic amines) is 2. The van der Waals surface area contributed by atoms with Crippen molar-refractivity contribution in [2.24, 2.45) is 0 Å². The Morgan fingerprint density at radius 3 is 2.61 bits per heavy atom. The van der Waals surface area contributed by atoms with E-state index in [1.807, 2.05) is 59.5 Å². The van der Waals surface area contributed by atoms with Crippen LogP contribution in [0.4, 0.5) is 0 Å². The molecule has 2 atom stereocenters. The highest BCUT2D eigenvalue weighted by atomic mass is 16.2. The van der Waals surface area contributed by atoms with Gasteiger partial charge in [-0.1, -0.05) is 42.5 Å². The molecule has 0 spiro atoms. The van der Waals surface area contributed by atoms with Gasteiger partial charge in [-0.2, -0.15) is 0 Å². The Kier molecular flexibility index (Phi) is 5.45. The van der Waals surface area contributed by atoms with Gasteiger partial charge in [-0.05, 0) is 43.4 Å². The number of nitrogens with one attached hydrogen (secondary N) is 1. The van der Waals surface area contributed by atoms with Crippen LogP contribution >= 0.6 is 0 Å². The summed E-state index contributed by atoms with van der Waals surface area (Å²) < 4.78 is 0. The molecule has 2 amide bonds. The molecule has 3 heterocycles. The highest BCUT2D eigenvalue weighted by molar-refractivity contribution is 5.89. The molecule has 160 valence electrons. The first kappa shape index (κ1) is 19.8. The number of nitrogens with zero attached hydrogens (tertiary/aromatic N) is 3. The Hall–Kier alpha value is -3.15. The number of para-hydroxylation sites is 2. The predicted molar refractivity (Wildman–Crippen MR) is 119 cm³/mol. The van der Waals surface area contributed by atoms with Crippen molar-refractivity contribution in [1.82, 2.24) is 19.8 Å². The third kappa shape index (κ3) is 3.94. The highest BCUT2D eigenvalue weighted by Gasteiger charge is 2.37. The summed E-state index contributed by atoms with van der Waals surface area (Å²) >= 11 is 0. The molecule has 2 aromatic carbocycles. The second kappa shape index (κ2) is 8.53. The lowest BCUT2D eigenvalue weighted by atomic mass is 9.94. The van der Waals surface area contributed by atoms with Crippen molar-refractivity contribution in [3.05, 3.63) is 66.0 Å². The van der Waals surface area contributed by atoms with Crippen LogP contribution in [0, 0.1) is 0 Å². The normalized spacial score (nSPS) is 20.8. The Labute approximate surface area is 182 Å². The van der Waals surface area contributed by atoms with E-state index in [1.165, 1.54) is 0 Å². The fraction of sp³-hybridized carbons (Fsp3) is 0.400. The molecule has 0 radical (unpaired) electrons. The van der Waals surface area contributed by atoms with Gasteiger partial charge in [0.05, 0.1) is 11.0 Å². The highest BCUT2D eigenvalue weighted by Crippen LogP contribution is 2.32. The van der Waals surface area contributed by atoms with Crippen molar-refractivity contribution in [1.29, 1.82) is 0 Å². The molecular weight excluding hydrogens is 388 g/mol. The SMILES string of the molecule is O=C(C(c1ccccc1)N1CCCCC1=O)N1CCCC(c2nc3ccccc3[nH]2)C1. The minimum Gasteiger partial charge on any atom is -0.342 e. The van der Waals surface area contributed by atoms with Crippen LogP contribution in [0.15, 0.2) is 54.6 Å². The van der Waals surface area contributed by atoms with E-state index in [1.54, 1.807) is 4.90 Å². The molecule has 6 nitrogen and oxygen atoms in total. The minimum absolute atomic E-state index is 0.0299. The van der Waals surface area contributed by atoms with E-state index < -0.39 is 6.04 Å². The number of amides is 2. The average Bonchev–Trinajstić information content (AvgIpc) is 3.26. The van der Waals surface area contributed by atoms with Gasteiger partial charge < -0.3 is 14.8 Å². The van der Waals surface area contributed by atoms with Crippen molar-refractivity contribution in [3.63, 3.8) is 0 Å². The average molecular weight is 417 g/mol. The molecule has 3 aromatic rings. The van der Waals surface area contributed by atoms with E-state index in [0.717, 1.165) is 54.6 Å². The Bertz CT molecular complexity index is 1040. The van der Waals surface area contributed by atoms with E-state index in [0.29, 0.717) is 19.5 Å². The Morgan fingerprint density at radius 2 is 1.81 bits per heavy atom. The number of hydrogen-bond acceptors (Lipinski definition) is 3. The van der Waals surface area contributed by atoms with Crippen molar-refractivity contribution in [2.45, 2.75) is 44.1 Å². The molecule has 6 heteroatoms. The topological polar surface area (TPSA) is 69.3 Å². The van der Waals surface area contributed by atoms with Crippen LogP contribution in [-0.4, -0.2) is 51.2 Å². The van der Waals surface area contributed by atoms with Gasteiger partial charge in [0.2, 0.25) is 11.8 Å². The molecule has 1 N–H and O–H groups in total. The van der Waals surface area contributed by atoms with Crippen molar-refractivity contribution in [3.8, 4) is 0 Å². The zero-order chi connectivity index (χ0) is 21.2. The second-order valence-electron chi connectivity index (χ2n) is 8.62. The van der Waals surface area contributed by atoms with Gasteiger partial charge in [-0.25, -0.2) is 4.98 Å². The number of H-pyrrole nitrogens is 1. The van der Waals surface area contributed by atoms with Crippen molar-refractivity contribution < 1.29 is 9.59 Å². The first-order chi connectivity index (χ1) is 15.2. The smallest absolute Gasteiger partial charge is 0.250 e. The molecule has 2 unspecified atom stereocenters. The molecule has 2 aliphatic heterocycles. The number of benzene rings is 2. The summed E-state index contributed by atoms with van der Waals surface area (Å²) in [6, 6.07) is 17.3. The number of carbonyl (C=O) groups is 2. The quantitative estimate of drug-likeness (QED) is 0.698. The number of aromatic nitrogens is 2. The number of carbonyl (C=O) groups excluding carboxylic acids is 2. The fourth-order valence-electron chi connectivity index (χ4n) is 4.93.